The fraction of sp³-hybridized carbons (Fsp3) is 0.767. The van der Waals surface area contributed by atoms with Gasteiger partial charge in [0.15, 0.2) is 6.54 Å². The summed E-state index contributed by atoms with van der Waals surface area (Å²) in [5.41, 5.74) is 2.17. The molecule has 0 bridgehead atoms. The van der Waals surface area contributed by atoms with E-state index in [-0.39, 0.29) is 29.6 Å². The molecule has 0 spiro atoms. The van der Waals surface area contributed by atoms with Crippen molar-refractivity contribution in [2.45, 2.75) is 177 Å². The second-order valence-electron chi connectivity index (χ2n) is 14.8. The molecular formula is C43H74BrClN2O4. The number of rotatable bonds is 30. The molecule has 0 radical (unpaired) electrons. The first-order valence-electron chi connectivity index (χ1n) is 20.8. The Morgan fingerprint density at radius 1 is 0.706 bits per heavy atom. The second kappa shape index (κ2) is 28.0. The van der Waals surface area contributed by atoms with Crippen molar-refractivity contribution in [3.8, 4) is 0 Å². The third-order valence-electron chi connectivity index (χ3n) is 11.1. The number of likely N-dealkylation sites (N-methyl/N-ethyl adjacent to an activating group) is 1. The monoisotopic (exact) mass is 796 g/mol. The molecule has 6 nitrogen and oxygen atoms in total. The van der Waals surface area contributed by atoms with Gasteiger partial charge in [0.1, 0.15) is 12.2 Å². The van der Waals surface area contributed by atoms with Crippen LogP contribution in [0.25, 0.3) is 11.0 Å². The molecule has 0 aliphatic rings. The van der Waals surface area contributed by atoms with Gasteiger partial charge in [0, 0.05) is 35.7 Å². The van der Waals surface area contributed by atoms with E-state index < -0.39 is 5.63 Å². The number of carbonyl (C=O) groups is 1. The number of quaternary nitrogens is 1. The summed E-state index contributed by atoms with van der Waals surface area (Å²) in [5.74, 6) is -0.252. The summed E-state index contributed by atoms with van der Waals surface area (Å²) < 4.78 is 12.3. The van der Waals surface area contributed by atoms with E-state index in [1.165, 1.54) is 116 Å². The van der Waals surface area contributed by atoms with Crippen molar-refractivity contribution in [2.75, 3.05) is 44.2 Å². The molecular weight excluding hydrogens is 724 g/mol. The Labute approximate surface area is 327 Å². The van der Waals surface area contributed by atoms with Crippen LogP contribution in [0.1, 0.15) is 174 Å². The number of ether oxygens (including phenoxy) is 1. The van der Waals surface area contributed by atoms with E-state index in [0.29, 0.717) is 32.8 Å². The van der Waals surface area contributed by atoms with Gasteiger partial charge in [0.25, 0.3) is 0 Å². The van der Waals surface area contributed by atoms with Gasteiger partial charge < -0.3 is 35.5 Å². The first kappa shape index (κ1) is 47.5. The molecule has 0 unspecified atom stereocenters. The van der Waals surface area contributed by atoms with Crippen LogP contribution >= 0.6 is 11.6 Å². The van der Waals surface area contributed by atoms with Gasteiger partial charge >= 0.3 is 11.6 Å². The number of carbonyl (C=O) groups excluding carboxylic acids is 1. The van der Waals surface area contributed by atoms with E-state index in [1.807, 2.05) is 12.1 Å². The average Bonchev–Trinajstić information content (AvgIpc) is 3.11. The fourth-order valence-corrected chi connectivity index (χ4v) is 7.49. The molecule has 294 valence electrons. The summed E-state index contributed by atoms with van der Waals surface area (Å²) in [6.45, 7) is 17.4. The van der Waals surface area contributed by atoms with Crippen molar-refractivity contribution in [2.24, 2.45) is 0 Å². The SMILES string of the molecule is CCCCCCCCCCCCN(CCCCCCCCCCCC)c1cc2oc(=O)c(C)c(COC(=O)C[N+](CC)(CC)CC)c2cc1Cl.[Br-]. The van der Waals surface area contributed by atoms with Crippen molar-refractivity contribution in [3.05, 3.63) is 38.7 Å². The number of benzene rings is 1. The maximum atomic E-state index is 13.0. The van der Waals surface area contributed by atoms with E-state index in [1.54, 1.807) is 6.92 Å². The first-order valence-corrected chi connectivity index (χ1v) is 21.1. The highest BCUT2D eigenvalue weighted by Crippen LogP contribution is 2.34. The Kier molecular flexibility index (Phi) is 26.0. The number of hydrogen-bond donors (Lipinski definition) is 0. The van der Waals surface area contributed by atoms with Gasteiger partial charge in [-0.2, -0.15) is 0 Å². The number of esters is 1. The lowest BCUT2D eigenvalue weighted by molar-refractivity contribution is -0.916. The number of nitrogens with zero attached hydrogens (tertiary/aromatic N) is 2. The molecule has 1 heterocycles. The van der Waals surface area contributed by atoms with E-state index in [0.717, 1.165) is 56.6 Å². The molecule has 0 aliphatic carbocycles. The molecule has 0 aliphatic heterocycles. The van der Waals surface area contributed by atoms with Gasteiger partial charge in [-0.05, 0) is 46.6 Å². The van der Waals surface area contributed by atoms with Crippen LogP contribution < -0.4 is 27.5 Å². The average molecular weight is 798 g/mol. The van der Waals surface area contributed by atoms with Crippen LogP contribution in [-0.4, -0.2) is 49.7 Å². The molecule has 51 heavy (non-hydrogen) atoms. The van der Waals surface area contributed by atoms with E-state index >= 15 is 0 Å². The molecule has 0 saturated carbocycles. The molecule has 1 aromatic carbocycles. The molecule has 0 saturated heterocycles. The summed E-state index contributed by atoms with van der Waals surface area (Å²) >= 11 is 7.06. The van der Waals surface area contributed by atoms with Gasteiger partial charge in [-0.25, -0.2) is 9.59 Å². The van der Waals surface area contributed by atoms with Crippen molar-refractivity contribution < 1.29 is 35.4 Å². The lowest BCUT2D eigenvalue weighted by atomic mass is 10.0. The largest absolute Gasteiger partial charge is 1.00 e. The van der Waals surface area contributed by atoms with Crippen molar-refractivity contribution in [1.82, 2.24) is 0 Å². The second-order valence-corrected chi connectivity index (χ2v) is 15.2. The third-order valence-corrected chi connectivity index (χ3v) is 11.4. The van der Waals surface area contributed by atoms with Crippen LogP contribution in [0, 0.1) is 6.92 Å². The van der Waals surface area contributed by atoms with Crippen LogP contribution in [-0.2, 0) is 16.1 Å². The summed E-state index contributed by atoms with van der Waals surface area (Å²) in [4.78, 5) is 28.4. The van der Waals surface area contributed by atoms with Crippen molar-refractivity contribution in [3.63, 3.8) is 0 Å². The zero-order valence-corrected chi connectivity index (χ0v) is 35.9. The zero-order valence-electron chi connectivity index (χ0n) is 33.5. The number of unbranched alkanes of at least 4 members (excludes halogenated alkanes) is 18. The lowest BCUT2D eigenvalue weighted by Crippen LogP contribution is -3.00. The summed E-state index contributed by atoms with van der Waals surface area (Å²) in [5, 5.41) is 1.39. The molecule has 2 aromatic rings. The third kappa shape index (κ3) is 17.4. The van der Waals surface area contributed by atoms with E-state index in [2.05, 4.69) is 39.5 Å². The van der Waals surface area contributed by atoms with Gasteiger partial charge in [0.05, 0.1) is 30.3 Å². The molecule has 1 aromatic heterocycles. The normalized spacial score (nSPS) is 11.6. The predicted molar refractivity (Wildman–Crippen MR) is 215 cm³/mol. The van der Waals surface area contributed by atoms with Gasteiger partial charge in [0.2, 0.25) is 0 Å². The summed E-state index contributed by atoms with van der Waals surface area (Å²) in [7, 11) is 0. The van der Waals surface area contributed by atoms with Crippen LogP contribution in [0.2, 0.25) is 5.02 Å². The van der Waals surface area contributed by atoms with E-state index in [9.17, 15) is 9.59 Å². The summed E-state index contributed by atoms with van der Waals surface area (Å²) in [6.07, 6.45) is 26.1. The minimum Gasteiger partial charge on any atom is -1.00 e. The lowest BCUT2D eigenvalue weighted by Gasteiger charge is -2.34. The maximum absolute atomic E-state index is 13.0. The van der Waals surface area contributed by atoms with Gasteiger partial charge in [-0.1, -0.05) is 141 Å². The molecule has 2 rings (SSSR count). The number of anilines is 1. The van der Waals surface area contributed by atoms with Gasteiger partial charge in [-0.3, -0.25) is 0 Å². The Morgan fingerprint density at radius 3 is 1.57 bits per heavy atom. The number of halogens is 2. The van der Waals surface area contributed by atoms with Crippen LogP contribution in [0.4, 0.5) is 5.69 Å². The fourth-order valence-electron chi connectivity index (χ4n) is 7.20. The Bertz CT molecular complexity index is 1250. The molecule has 8 heteroatoms. The Morgan fingerprint density at radius 2 is 1.14 bits per heavy atom. The van der Waals surface area contributed by atoms with Gasteiger partial charge in [-0.15, -0.1) is 0 Å². The number of fused-ring (bicyclic) bond motifs is 1. The highest BCUT2D eigenvalue weighted by atomic mass is 79.9. The first-order chi connectivity index (χ1) is 24.2. The Balaban J connectivity index is 0.0000130. The van der Waals surface area contributed by atoms with Crippen molar-refractivity contribution in [1.29, 1.82) is 0 Å². The van der Waals surface area contributed by atoms with Crippen LogP contribution in [0.5, 0.6) is 0 Å². The predicted octanol–water partition coefficient (Wildman–Crippen LogP) is 9.33. The highest BCUT2D eigenvalue weighted by Gasteiger charge is 2.26. The molecule has 0 atom stereocenters. The standard InChI is InChI=1S/C43H74ClN2O4.BrH/c1-7-12-14-16-18-20-22-24-26-28-30-45(31-29-27-25-23-21-19-17-15-13-8-2)40-33-41-37(32-39(40)44)38(36(6)43(48)50-41)35-49-42(47)34-46(9-3,10-4)11-5;/h32-33H,7-31,34-35H2,1-6H3;1H/q+1;/p-1. The molecule has 0 amide bonds. The maximum Gasteiger partial charge on any atom is 0.362 e. The number of hydrogen-bond acceptors (Lipinski definition) is 5. The minimum absolute atomic E-state index is 0. The minimum atomic E-state index is -0.395. The smallest absolute Gasteiger partial charge is 0.362 e. The van der Waals surface area contributed by atoms with Crippen molar-refractivity contribution >= 4 is 34.2 Å². The van der Waals surface area contributed by atoms with Crippen LogP contribution in [0.15, 0.2) is 21.3 Å². The quantitative estimate of drug-likeness (QED) is 0.0342. The zero-order chi connectivity index (χ0) is 36.6. The topological polar surface area (TPSA) is 59.8 Å². The summed E-state index contributed by atoms with van der Waals surface area (Å²) in [6, 6.07) is 3.86. The molecule has 0 fully saturated rings. The highest BCUT2D eigenvalue weighted by molar-refractivity contribution is 6.34. The van der Waals surface area contributed by atoms with Crippen LogP contribution in [0.3, 0.4) is 0 Å². The van der Waals surface area contributed by atoms with E-state index in [4.69, 9.17) is 20.8 Å². The molecule has 0 N–H and O–H groups in total. The Hall–Kier alpha value is -1.57.